The molecule has 2 aromatic rings. The molecule has 0 spiro atoms. The van der Waals surface area contributed by atoms with Crippen LogP contribution in [0.3, 0.4) is 0 Å². The van der Waals surface area contributed by atoms with Crippen LogP contribution in [-0.4, -0.2) is 26.1 Å². The van der Waals surface area contributed by atoms with Crippen LogP contribution in [0.5, 0.6) is 0 Å². The van der Waals surface area contributed by atoms with Crippen molar-refractivity contribution in [3.05, 3.63) is 23.7 Å². The van der Waals surface area contributed by atoms with E-state index >= 15 is 0 Å². The van der Waals surface area contributed by atoms with Gasteiger partial charge in [0.25, 0.3) is 0 Å². The Hall–Kier alpha value is -2.22. The number of amides is 1. The van der Waals surface area contributed by atoms with Crippen LogP contribution in [0.25, 0.3) is 0 Å². The molecule has 2 aromatic heterocycles. The van der Waals surface area contributed by atoms with Crippen LogP contribution >= 0.6 is 0 Å². The first-order valence-corrected chi connectivity index (χ1v) is 6.91. The molecule has 0 aliphatic rings. The van der Waals surface area contributed by atoms with Crippen LogP contribution in [-0.2, 0) is 11.3 Å². The third-order valence-corrected chi connectivity index (χ3v) is 3.06. The third kappa shape index (κ3) is 3.88. The Kier molecular flexibility index (Phi) is 4.69. The summed E-state index contributed by atoms with van der Waals surface area (Å²) in [4.78, 5) is 11.9. The van der Waals surface area contributed by atoms with Gasteiger partial charge < -0.3 is 10.3 Å². The van der Waals surface area contributed by atoms with Gasteiger partial charge in [-0.2, -0.15) is 0 Å². The zero-order valence-electron chi connectivity index (χ0n) is 12.4. The maximum absolute atomic E-state index is 11.9. The van der Waals surface area contributed by atoms with Gasteiger partial charge in [-0.15, -0.1) is 5.10 Å². The number of nitrogens with zero attached hydrogens (tertiary/aromatic N) is 4. The van der Waals surface area contributed by atoms with Crippen molar-refractivity contribution in [1.82, 2.24) is 20.2 Å². The molecule has 0 bridgehead atoms. The quantitative estimate of drug-likeness (QED) is 0.833. The molecule has 1 unspecified atom stereocenters. The Balaban J connectivity index is 1.93. The first kappa shape index (κ1) is 15.2. The third-order valence-electron chi connectivity index (χ3n) is 3.06. The Labute approximate surface area is 122 Å². The monoisotopic (exact) mass is 292 g/mol. The average molecular weight is 292 g/mol. The lowest BCUT2D eigenvalue weighted by Crippen LogP contribution is -2.18. The fraction of sp³-hybridized carbons (Fsp3) is 0.538. The van der Waals surface area contributed by atoms with E-state index in [1.54, 1.807) is 12.3 Å². The number of nitrogens with two attached hydrogens (primary N) is 1. The van der Waals surface area contributed by atoms with Crippen LogP contribution in [0.15, 0.2) is 16.8 Å². The summed E-state index contributed by atoms with van der Waals surface area (Å²) in [5.41, 5.74) is 7.32. The Morgan fingerprint density at radius 1 is 1.48 bits per heavy atom. The summed E-state index contributed by atoms with van der Waals surface area (Å²) in [6, 6.07) is 1.55. The van der Waals surface area contributed by atoms with Gasteiger partial charge in [-0.3, -0.25) is 10.1 Å². The van der Waals surface area contributed by atoms with Crippen LogP contribution in [0.1, 0.15) is 50.5 Å². The number of hydrogen-bond acceptors (Lipinski definition) is 6. The van der Waals surface area contributed by atoms with Gasteiger partial charge >= 0.3 is 0 Å². The first-order valence-electron chi connectivity index (χ1n) is 6.91. The van der Waals surface area contributed by atoms with Crippen molar-refractivity contribution in [1.29, 1.82) is 0 Å². The standard InChI is InChI=1S/C13H20N6O2/c1-4-9(14)11-6-19(18-16-11)7-12(20)15-13-5-10(8(2)3)17-21-13/h5-6,8-9H,4,7,14H2,1-3H3,(H,15,20). The highest BCUT2D eigenvalue weighted by atomic mass is 16.5. The lowest BCUT2D eigenvalue weighted by Gasteiger charge is -2.02. The Morgan fingerprint density at radius 3 is 2.86 bits per heavy atom. The summed E-state index contributed by atoms with van der Waals surface area (Å²) in [5, 5.41) is 14.3. The minimum Gasteiger partial charge on any atom is -0.338 e. The van der Waals surface area contributed by atoms with Gasteiger partial charge in [0.1, 0.15) is 6.54 Å². The topological polar surface area (TPSA) is 112 Å². The second-order valence-corrected chi connectivity index (χ2v) is 5.17. The molecule has 0 radical (unpaired) electrons. The average Bonchev–Trinajstić information content (AvgIpc) is 3.07. The molecule has 1 atom stereocenters. The SMILES string of the molecule is CCC(N)c1cn(CC(=O)Nc2cc(C(C)C)no2)nn1. The van der Waals surface area contributed by atoms with Crippen molar-refractivity contribution < 1.29 is 9.32 Å². The van der Waals surface area contributed by atoms with Crippen molar-refractivity contribution in [2.45, 2.75) is 45.7 Å². The van der Waals surface area contributed by atoms with E-state index in [4.69, 9.17) is 10.3 Å². The molecule has 8 nitrogen and oxygen atoms in total. The number of rotatable bonds is 6. The van der Waals surface area contributed by atoms with E-state index in [0.717, 1.165) is 12.1 Å². The number of carbonyl (C=O) groups is 1. The molecular weight excluding hydrogens is 272 g/mol. The van der Waals surface area contributed by atoms with Crippen molar-refractivity contribution in [2.24, 2.45) is 5.73 Å². The molecule has 21 heavy (non-hydrogen) atoms. The highest BCUT2D eigenvalue weighted by Crippen LogP contribution is 2.17. The number of anilines is 1. The summed E-state index contributed by atoms with van der Waals surface area (Å²) >= 11 is 0. The first-order chi connectivity index (χ1) is 9.99. The fourth-order valence-corrected chi connectivity index (χ4v) is 1.71. The lowest BCUT2D eigenvalue weighted by atomic mass is 10.1. The number of aromatic nitrogens is 4. The lowest BCUT2D eigenvalue weighted by molar-refractivity contribution is -0.117. The summed E-state index contributed by atoms with van der Waals surface area (Å²) in [6.45, 7) is 6.00. The number of nitrogens with one attached hydrogen (secondary N) is 1. The van der Waals surface area contributed by atoms with Gasteiger partial charge in [0.2, 0.25) is 11.8 Å². The molecule has 0 aromatic carbocycles. The molecule has 0 aliphatic heterocycles. The normalized spacial score (nSPS) is 12.6. The van der Waals surface area contributed by atoms with Crippen LogP contribution in [0.4, 0.5) is 5.88 Å². The van der Waals surface area contributed by atoms with E-state index < -0.39 is 0 Å². The minimum absolute atomic E-state index is 0.0428. The van der Waals surface area contributed by atoms with Gasteiger partial charge in [-0.25, -0.2) is 4.68 Å². The van der Waals surface area contributed by atoms with E-state index in [1.807, 2.05) is 20.8 Å². The van der Waals surface area contributed by atoms with Gasteiger partial charge in [0, 0.05) is 6.07 Å². The highest BCUT2D eigenvalue weighted by molar-refractivity contribution is 5.89. The van der Waals surface area contributed by atoms with Gasteiger partial charge in [0.15, 0.2) is 0 Å². The zero-order valence-corrected chi connectivity index (χ0v) is 12.4. The van der Waals surface area contributed by atoms with Crippen LogP contribution < -0.4 is 11.1 Å². The largest absolute Gasteiger partial charge is 0.338 e. The van der Waals surface area contributed by atoms with E-state index in [1.165, 1.54) is 4.68 Å². The Morgan fingerprint density at radius 2 is 2.24 bits per heavy atom. The molecule has 3 N–H and O–H groups in total. The van der Waals surface area contributed by atoms with Crippen LogP contribution in [0, 0.1) is 0 Å². The molecule has 0 saturated carbocycles. The van der Waals surface area contributed by atoms with Crippen molar-refractivity contribution in [3.63, 3.8) is 0 Å². The molecule has 8 heteroatoms. The molecule has 2 heterocycles. The fourth-order valence-electron chi connectivity index (χ4n) is 1.71. The predicted molar refractivity (Wildman–Crippen MR) is 76.5 cm³/mol. The summed E-state index contributed by atoms with van der Waals surface area (Å²) in [5.74, 6) is 0.310. The minimum atomic E-state index is -0.261. The molecule has 2 rings (SSSR count). The molecule has 0 fully saturated rings. The summed E-state index contributed by atoms with van der Waals surface area (Å²) in [6.07, 6.45) is 2.44. The number of hydrogen-bond donors (Lipinski definition) is 2. The van der Waals surface area contributed by atoms with Gasteiger partial charge in [-0.1, -0.05) is 31.1 Å². The Bertz CT molecular complexity index is 603. The van der Waals surface area contributed by atoms with E-state index in [0.29, 0.717) is 11.6 Å². The van der Waals surface area contributed by atoms with E-state index in [2.05, 4.69) is 20.8 Å². The van der Waals surface area contributed by atoms with Crippen molar-refractivity contribution in [3.8, 4) is 0 Å². The molecule has 1 amide bonds. The van der Waals surface area contributed by atoms with E-state index in [9.17, 15) is 4.79 Å². The van der Waals surface area contributed by atoms with Crippen molar-refractivity contribution in [2.75, 3.05) is 5.32 Å². The van der Waals surface area contributed by atoms with Gasteiger partial charge in [0.05, 0.1) is 23.6 Å². The summed E-state index contributed by atoms with van der Waals surface area (Å²) in [7, 11) is 0. The summed E-state index contributed by atoms with van der Waals surface area (Å²) < 4.78 is 6.49. The maximum atomic E-state index is 11.9. The van der Waals surface area contributed by atoms with Gasteiger partial charge in [-0.05, 0) is 12.3 Å². The van der Waals surface area contributed by atoms with Crippen LogP contribution in [0.2, 0.25) is 0 Å². The second-order valence-electron chi connectivity index (χ2n) is 5.17. The molecule has 114 valence electrons. The molecular formula is C13H20N6O2. The predicted octanol–water partition coefficient (Wildman–Crippen LogP) is 1.44. The van der Waals surface area contributed by atoms with Crippen molar-refractivity contribution >= 4 is 11.8 Å². The number of carbonyl (C=O) groups excluding carboxylic acids is 1. The highest BCUT2D eigenvalue weighted by Gasteiger charge is 2.13. The van der Waals surface area contributed by atoms with E-state index in [-0.39, 0.29) is 24.4 Å². The maximum Gasteiger partial charge on any atom is 0.248 e. The molecule has 0 aliphatic carbocycles. The zero-order chi connectivity index (χ0) is 15.4. The second kappa shape index (κ2) is 6.49. The smallest absolute Gasteiger partial charge is 0.248 e. The molecule has 0 saturated heterocycles.